The molecular formula is C18H32Cl2N4O2. The van der Waals surface area contributed by atoms with Crippen molar-refractivity contribution < 1.29 is 9.59 Å². The van der Waals surface area contributed by atoms with Crippen LogP contribution in [0.4, 0.5) is 5.69 Å². The van der Waals surface area contributed by atoms with Gasteiger partial charge in [0.2, 0.25) is 5.91 Å². The first-order chi connectivity index (χ1) is 11.5. The zero-order chi connectivity index (χ0) is 17.9. The monoisotopic (exact) mass is 406 g/mol. The Morgan fingerprint density at radius 3 is 2.38 bits per heavy atom. The quantitative estimate of drug-likeness (QED) is 0.557. The Morgan fingerprint density at radius 1 is 1.15 bits per heavy atom. The van der Waals surface area contributed by atoms with Crippen molar-refractivity contribution in [2.75, 3.05) is 31.5 Å². The molecule has 0 aliphatic rings. The van der Waals surface area contributed by atoms with Crippen molar-refractivity contribution in [3.05, 3.63) is 29.8 Å². The van der Waals surface area contributed by atoms with Crippen LogP contribution in [0, 0.1) is 0 Å². The van der Waals surface area contributed by atoms with E-state index in [1.807, 2.05) is 6.92 Å². The molecule has 0 aliphatic carbocycles. The lowest BCUT2D eigenvalue weighted by Gasteiger charge is -2.18. The Labute approximate surface area is 169 Å². The van der Waals surface area contributed by atoms with Crippen LogP contribution in [0.25, 0.3) is 0 Å². The van der Waals surface area contributed by atoms with E-state index in [2.05, 4.69) is 29.4 Å². The van der Waals surface area contributed by atoms with E-state index in [9.17, 15) is 9.59 Å². The summed E-state index contributed by atoms with van der Waals surface area (Å²) in [6, 6.07) is 6.38. The summed E-state index contributed by atoms with van der Waals surface area (Å²) < 4.78 is 0. The molecule has 150 valence electrons. The molecule has 0 radical (unpaired) electrons. The number of carbonyl (C=O) groups is 2. The first-order valence-electron chi connectivity index (χ1n) is 8.68. The molecule has 4 N–H and O–H groups in total. The molecule has 0 aromatic heterocycles. The minimum Gasteiger partial charge on any atom is -0.351 e. The number of hydrogen-bond acceptors (Lipinski definition) is 4. The molecule has 0 spiro atoms. The maximum atomic E-state index is 12.2. The summed E-state index contributed by atoms with van der Waals surface area (Å²) in [4.78, 5) is 26.4. The first-order valence-corrected chi connectivity index (χ1v) is 8.68. The predicted molar refractivity (Wildman–Crippen MR) is 113 cm³/mol. The second kappa shape index (κ2) is 14.8. The molecule has 0 saturated carbocycles. The van der Waals surface area contributed by atoms with Crippen LogP contribution in [-0.2, 0) is 4.79 Å². The minimum atomic E-state index is -0.526. The maximum absolute atomic E-state index is 12.2. The molecule has 0 aliphatic heterocycles. The molecule has 2 amide bonds. The number of amides is 2. The van der Waals surface area contributed by atoms with E-state index >= 15 is 0 Å². The number of hydrogen-bond donors (Lipinski definition) is 3. The molecule has 1 atom stereocenters. The Kier molecular flexibility index (Phi) is 15.3. The van der Waals surface area contributed by atoms with Crippen molar-refractivity contribution in [2.45, 2.75) is 39.7 Å². The number of rotatable bonds is 10. The molecular weight excluding hydrogens is 375 g/mol. The number of halogens is 2. The summed E-state index contributed by atoms with van der Waals surface area (Å²) in [5.74, 6) is -0.368. The molecule has 1 aromatic rings. The van der Waals surface area contributed by atoms with Crippen molar-refractivity contribution >= 4 is 42.3 Å². The van der Waals surface area contributed by atoms with Crippen molar-refractivity contribution in [1.29, 1.82) is 0 Å². The third-order valence-electron chi connectivity index (χ3n) is 3.94. The van der Waals surface area contributed by atoms with Crippen LogP contribution >= 0.6 is 24.8 Å². The van der Waals surface area contributed by atoms with Gasteiger partial charge in [0, 0.05) is 24.3 Å². The fourth-order valence-corrected chi connectivity index (χ4v) is 2.38. The molecule has 8 heteroatoms. The Morgan fingerprint density at radius 2 is 1.81 bits per heavy atom. The van der Waals surface area contributed by atoms with E-state index in [0.29, 0.717) is 24.2 Å². The molecule has 1 unspecified atom stereocenters. The maximum Gasteiger partial charge on any atom is 0.251 e. The number of nitrogens with one attached hydrogen (secondary N) is 2. The van der Waals surface area contributed by atoms with E-state index in [1.165, 1.54) is 0 Å². The number of likely N-dealkylation sites (N-methyl/N-ethyl adjacent to an activating group) is 1. The molecule has 0 saturated heterocycles. The second-order valence-corrected chi connectivity index (χ2v) is 5.75. The standard InChI is InChI=1S/C18H30N4O2.2ClH/c1-4-8-16(19)18(24)21-15-10-7-9-14(13-15)17(23)20-11-12-22(5-2)6-3;;/h7,9-10,13,16H,4-6,8,11-12,19H2,1-3H3,(H,20,23)(H,21,24);2*1H. The molecule has 6 nitrogen and oxygen atoms in total. The lowest BCUT2D eigenvalue weighted by atomic mass is 10.1. The van der Waals surface area contributed by atoms with E-state index in [-0.39, 0.29) is 36.6 Å². The Bertz CT molecular complexity index is 540. The largest absolute Gasteiger partial charge is 0.351 e. The van der Waals surface area contributed by atoms with Gasteiger partial charge in [0.25, 0.3) is 5.91 Å². The van der Waals surface area contributed by atoms with Gasteiger partial charge >= 0.3 is 0 Å². The average molecular weight is 407 g/mol. The first kappa shape index (κ1) is 26.9. The highest BCUT2D eigenvalue weighted by molar-refractivity contribution is 5.98. The number of nitrogens with two attached hydrogens (primary N) is 1. The van der Waals surface area contributed by atoms with E-state index in [1.54, 1.807) is 24.3 Å². The van der Waals surface area contributed by atoms with Crippen LogP contribution in [0.15, 0.2) is 24.3 Å². The van der Waals surface area contributed by atoms with Gasteiger partial charge in [-0.1, -0.05) is 33.3 Å². The third-order valence-corrected chi connectivity index (χ3v) is 3.94. The van der Waals surface area contributed by atoms with Crippen LogP contribution in [-0.4, -0.2) is 48.9 Å². The summed E-state index contributed by atoms with van der Waals surface area (Å²) in [6.45, 7) is 9.52. The van der Waals surface area contributed by atoms with Crippen molar-refractivity contribution in [3.8, 4) is 0 Å². The van der Waals surface area contributed by atoms with Gasteiger partial charge in [-0.25, -0.2) is 0 Å². The summed E-state index contributed by atoms with van der Waals surface area (Å²) in [6.07, 6.45) is 1.49. The average Bonchev–Trinajstić information content (AvgIpc) is 2.59. The van der Waals surface area contributed by atoms with Gasteiger partial charge < -0.3 is 21.3 Å². The highest BCUT2D eigenvalue weighted by Crippen LogP contribution is 2.11. The van der Waals surface area contributed by atoms with Crippen molar-refractivity contribution in [2.24, 2.45) is 5.73 Å². The van der Waals surface area contributed by atoms with Gasteiger partial charge in [0.15, 0.2) is 0 Å². The Balaban J connectivity index is 0. The fourth-order valence-electron chi connectivity index (χ4n) is 2.38. The van der Waals surface area contributed by atoms with Crippen LogP contribution in [0.1, 0.15) is 44.0 Å². The molecule has 26 heavy (non-hydrogen) atoms. The zero-order valence-electron chi connectivity index (χ0n) is 15.8. The van der Waals surface area contributed by atoms with E-state index in [4.69, 9.17) is 5.73 Å². The van der Waals surface area contributed by atoms with Crippen molar-refractivity contribution in [1.82, 2.24) is 10.2 Å². The number of nitrogens with zero attached hydrogens (tertiary/aromatic N) is 1. The summed E-state index contributed by atoms with van der Waals surface area (Å²) in [5, 5.41) is 5.67. The lowest BCUT2D eigenvalue weighted by molar-refractivity contribution is -0.117. The van der Waals surface area contributed by atoms with Crippen LogP contribution in [0.3, 0.4) is 0 Å². The third kappa shape index (κ3) is 9.38. The highest BCUT2D eigenvalue weighted by atomic mass is 35.5. The van der Waals surface area contributed by atoms with Gasteiger partial charge in [-0.2, -0.15) is 0 Å². The van der Waals surface area contributed by atoms with Crippen molar-refractivity contribution in [3.63, 3.8) is 0 Å². The normalized spacial score (nSPS) is 11.1. The summed E-state index contributed by atoms with van der Waals surface area (Å²) in [5.41, 5.74) is 6.91. The molecule has 0 heterocycles. The van der Waals surface area contributed by atoms with E-state index in [0.717, 1.165) is 26.1 Å². The fraction of sp³-hybridized carbons (Fsp3) is 0.556. The van der Waals surface area contributed by atoms with Crippen LogP contribution < -0.4 is 16.4 Å². The number of benzene rings is 1. The number of carbonyl (C=O) groups excluding carboxylic acids is 2. The van der Waals surface area contributed by atoms with Gasteiger partial charge in [-0.05, 0) is 37.7 Å². The Hall–Kier alpha value is -1.34. The highest BCUT2D eigenvalue weighted by Gasteiger charge is 2.13. The van der Waals surface area contributed by atoms with Gasteiger partial charge in [-0.3, -0.25) is 9.59 Å². The molecule has 1 rings (SSSR count). The zero-order valence-corrected chi connectivity index (χ0v) is 17.4. The van der Waals surface area contributed by atoms with Gasteiger partial charge in [0.1, 0.15) is 0 Å². The lowest BCUT2D eigenvalue weighted by Crippen LogP contribution is -2.35. The topological polar surface area (TPSA) is 87.5 Å². The smallest absolute Gasteiger partial charge is 0.251 e. The van der Waals surface area contributed by atoms with E-state index < -0.39 is 6.04 Å². The van der Waals surface area contributed by atoms with Gasteiger partial charge in [-0.15, -0.1) is 24.8 Å². The predicted octanol–water partition coefficient (Wildman–Crippen LogP) is 2.67. The minimum absolute atomic E-state index is 0. The molecule has 0 fully saturated rings. The molecule has 0 bridgehead atoms. The number of anilines is 1. The summed E-state index contributed by atoms with van der Waals surface area (Å²) >= 11 is 0. The van der Waals surface area contributed by atoms with Gasteiger partial charge in [0.05, 0.1) is 6.04 Å². The molecule has 1 aromatic carbocycles. The second-order valence-electron chi connectivity index (χ2n) is 5.75. The van der Waals surface area contributed by atoms with Crippen LogP contribution in [0.2, 0.25) is 0 Å². The summed E-state index contributed by atoms with van der Waals surface area (Å²) in [7, 11) is 0. The van der Waals surface area contributed by atoms with Crippen LogP contribution in [0.5, 0.6) is 0 Å². The SMILES string of the molecule is CCCC(N)C(=O)Nc1cccc(C(=O)NCCN(CC)CC)c1.Cl.Cl.